The highest BCUT2D eigenvalue weighted by molar-refractivity contribution is 5.76. The number of carboxylic acids is 1. The van der Waals surface area contributed by atoms with Gasteiger partial charge >= 0.3 is 12.0 Å². The van der Waals surface area contributed by atoms with E-state index in [9.17, 15) is 9.59 Å². The van der Waals surface area contributed by atoms with Gasteiger partial charge in [-0.2, -0.15) is 0 Å². The minimum absolute atomic E-state index is 0.0779. The number of rotatable bonds is 4. The van der Waals surface area contributed by atoms with Crippen molar-refractivity contribution in [2.45, 2.75) is 32.3 Å². The first-order chi connectivity index (χ1) is 9.08. The Bertz CT molecular complexity index is 336. The summed E-state index contributed by atoms with van der Waals surface area (Å²) in [6.07, 6.45) is 3.39. The molecule has 0 spiro atoms. The quantitative estimate of drug-likeness (QED) is 0.796. The Morgan fingerprint density at radius 3 is 2.74 bits per heavy atom. The highest BCUT2D eigenvalue weighted by Gasteiger charge is 2.37. The summed E-state index contributed by atoms with van der Waals surface area (Å²) >= 11 is 0. The van der Waals surface area contributed by atoms with Crippen LogP contribution >= 0.6 is 0 Å². The van der Waals surface area contributed by atoms with E-state index in [1.807, 2.05) is 0 Å². The van der Waals surface area contributed by atoms with Crippen molar-refractivity contribution in [3.8, 4) is 0 Å². The summed E-state index contributed by atoms with van der Waals surface area (Å²) in [5.41, 5.74) is 0. The Labute approximate surface area is 113 Å². The van der Waals surface area contributed by atoms with Gasteiger partial charge in [0.25, 0.3) is 0 Å². The molecule has 2 aliphatic heterocycles. The van der Waals surface area contributed by atoms with Crippen LogP contribution in [0, 0.1) is 11.8 Å². The summed E-state index contributed by atoms with van der Waals surface area (Å²) in [5.74, 6) is -1.10. The molecule has 2 amide bonds. The number of amides is 2. The van der Waals surface area contributed by atoms with Crippen LogP contribution in [0.3, 0.4) is 0 Å². The lowest BCUT2D eigenvalue weighted by molar-refractivity contribution is -0.144. The number of carbonyl (C=O) groups excluding carboxylic acids is 1. The van der Waals surface area contributed by atoms with E-state index >= 15 is 0 Å². The maximum Gasteiger partial charge on any atom is 0.317 e. The van der Waals surface area contributed by atoms with Crippen LogP contribution in [0.5, 0.6) is 0 Å². The Hall–Kier alpha value is -1.30. The van der Waals surface area contributed by atoms with Crippen molar-refractivity contribution >= 4 is 12.0 Å². The second-order valence-electron chi connectivity index (χ2n) is 5.47. The van der Waals surface area contributed by atoms with Crippen molar-refractivity contribution in [1.82, 2.24) is 10.2 Å². The molecule has 6 nitrogen and oxygen atoms in total. The second kappa shape index (κ2) is 6.23. The minimum Gasteiger partial charge on any atom is -0.481 e. The van der Waals surface area contributed by atoms with Gasteiger partial charge in [0, 0.05) is 32.2 Å². The predicted molar refractivity (Wildman–Crippen MR) is 68.9 cm³/mol. The van der Waals surface area contributed by atoms with Crippen molar-refractivity contribution in [2.75, 3.05) is 26.2 Å². The molecule has 0 radical (unpaired) electrons. The molecule has 2 saturated heterocycles. The maximum absolute atomic E-state index is 11.8. The largest absolute Gasteiger partial charge is 0.481 e. The number of urea groups is 1. The van der Waals surface area contributed by atoms with Crippen LogP contribution in [-0.4, -0.2) is 54.4 Å². The fraction of sp³-hybridized carbons (Fsp3) is 0.846. The lowest BCUT2D eigenvalue weighted by atomic mass is 9.87. The summed E-state index contributed by atoms with van der Waals surface area (Å²) < 4.78 is 5.54. The van der Waals surface area contributed by atoms with E-state index in [-0.39, 0.29) is 24.0 Å². The fourth-order valence-corrected chi connectivity index (χ4v) is 2.48. The fourth-order valence-electron chi connectivity index (χ4n) is 2.48. The van der Waals surface area contributed by atoms with Crippen LogP contribution in [0.15, 0.2) is 0 Å². The zero-order valence-corrected chi connectivity index (χ0v) is 11.3. The van der Waals surface area contributed by atoms with Gasteiger partial charge in [-0.15, -0.1) is 0 Å². The lowest BCUT2D eigenvalue weighted by Gasteiger charge is -2.41. The Kier molecular flexibility index (Phi) is 4.63. The monoisotopic (exact) mass is 270 g/mol. The molecule has 0 saturated carbocycles. The molecular weight excluding hydrogens is 248 g/mol. The van der Waals surface area contributed by atoms with E-state index in [4.69, 9.17) is 9.84 Å². The number of aliphatic carboxylic acids is 1. The number of carbonyl (C=O) groups is 2. The summed E-state index contributed by atoms with van der Waals surface area (Å²) in [6.45, 7) is 4.09. The molecule has 0 bridgehead atoms. The highest BCUT2D eigenvalue weighted by Crippen LogP contribution is 2.23. The molecular formula is C13H22N2O4. The van der Waals surface area contributed by atoms with Crippen molar-refractivity contribution in [1.29, 1.82) is 0 Å². The number of ether oxygens (including phenoxy) is 1. The zero-order valence-electron chi connectivity index (χ0n) is 11.3. The topological polar surface area (TPSA) is 78.9 Å². The third kappa shape index (κ3) is 3.59. The van der Waals surface area contributed by atoms with Crippen LogP contribution in [0.25, 0.3) is 0 Å². The summed E-state index contributed by atoms with van der Waals surface area (Å²) in [7, 11) is 0. The molecule has 2 atom stereocenters. The average Bonchev–Trinajstić information content (AvgIpc) is 2.35. The normalized spacial score (nSPS) is 25.5. The van der Waals surface area contributed by atoms with Crippen molar-refractivity contribution in [3.05, 3.63) is 0 Å². The van der Waals surface area contributed by atoms with Crippen LogP contribution < -0.4 is 5.32 Å². The van der Waals surface area contributed by atoms with Gasteiger partial charge < -0.3 is 20.1 Å². The molecule has 19 heavy (non-hydrogen) atoms. The van der Waals surface area contributed by atoms with E-state index in [1.54, 1.807) is 11.8 Å². The molecule has 2 heterocycles. The molecule has 0 aromatic heterocycles. The van der Waals surface area contributed by atoms with E-state index in [1.165, 1.54) is 0 Å². The first-order valence-electron chi connectivity index (χ1n) is 6.95. The average molecular weight is 270 g/mol. The molecule has 6 heteroatoms. The van der Waals surface area contributed by atoms with E-state index in [0.717, 1.165) is 25.9 Å². The number of hydrogen-bond acceptors (Lipinski definition) is 3. The zero-order chi connectivity index (χ0) is 13.8. The minimum atomic E-state index is -0.791. The maximum atomic E-state index is 11.8. The Balaban J connectivity index is 1.64. The van der Waals surface area contributed by atoms with Crippen LogP contribution in [0.2, 0.25) is 0 Å². The Morgan fingerprint density at radius 1 is 1.42 bits per heavy atom. The smallest absolute Gasteiger partial charge is 0.317 e. The number of nitrogens with one attached hydrogen (secondary N) is 1. The van der Waals surface area contributed by atoms with Crippen LogP contribution in [0.1, 0.15) is 26.2 Å². The number of likely N-dealkylation sites (tertiary alicyclic amines) is 1. The van der Waals surface area contributed by atoms with Crippen molar-refractivity contribution in [3.63, 3.8) is 0 Å². The summed E-state index contributed by atoms with van der Waals surface area (Å²) in [6, 6.07) is -0.108. The molecule has 2 N–H and O–H groups in total. The van der Waals surface area contributed by atoms with Crippen molar-refractivity contribution in [2.24, 2.45) is 11.8 Å². The first-order valence-corrected chi connectivity index (χ1v) is 6.95. The van der Waals surface area contributed by atoms with Gasteiger partial charge in [-0.1, -0.05) is 6.92 Å². The van der Waals surface area contributed by atoms with E-state index < -0.39 is 5.97 Å². The van der Waals surface area contributed by atoms with Crippen molar-refractivity contribution < 1.29 is 19.4 Å². The molecule has 2 rings (SSSR count). The molecule has 0 aromatic carbocycles. The van der Waals surface area contributed by atoms with Gasteiger partial charge in [-0.25, -0.2) is 4.79 Å². The third-order valence-corrected chi connectivity index (χ3v) is 4.05. The summed E-state index contributed by atoms with van der Waals surface area (Å²) in [4.78, 5) is 24.3. The standard InChI is InChI=1S/C13H22N2O4/c1-9(12(16)17)10-7-15(8-10)13(18)14-6-11-4-2-3-5-19-11/h9-11H,2-8H2,1H3,(H,14,18)(H,16,17). The van der Waals surface area contributed by atoms with Gasteiger partial charge in [-0.05, 0) is 19.3 Å². The van der Waals surface area contributed by atoms with Crippen LogP contribution in [-0.2, 0) is 9.53 Å². The number of nitrogens with zero attached hydrogens (tertiary/aromatic N) is 1. The summed E-state index contributed by atoms with van der Waals surface area (Å²) in [5, 5.41) is 11.7. The number of hydrogen-bond donors (Lipinski definition) is 2. The van der Waals surface area contributed by atoms with Crippen LogP contribution in [0.4, 0.5) is 4.79 Å². The molecule has 2 aliphatic rings. The van der Waals surface area contributed by atoms with Gasteiger partial charge in [0.15, 0.2) is 0 Å². The molecule has 108 valence electrons. The highest BCUT2D eigenvalue weighted by atomic mass is 16.5. The second-order valence-corrected chi connectivity index (χ2v) is 5.47. The van der Waals surface area contributed by atoms with E-state index in [0.29, 0.717) is 19.6 Å². The van der Waals surface area contributed by atoms with E-state index in [2.05, 4.69) is 5.32 Å². The van der Waals surface area contributed by atoms with Gasteiger partial charge in [0.1, 0.15) is 0 Å². The lowest BCUT2D eigenvalue weighted by Crippen LogP contribution is -2.57. The van der Waals surface area contributed by atoms with Gasteiger partial charge in [0.2, 0.25) is 0 Å². The van der Waals surface area contributed by atoms with Gasteiger partial charge in [-0.3, -0.25) is 4.79 Å². The predicted octanol–water partition coefficient (Wildman–Crippen LogP) is 0.918. The first kappa shape index (κ1) is 14.1. The Morgan fingerprint density at radius 2 is 2.16 bits per heavy atom. The number of carboxylic acid groups (broad SMARTS) is 1. The molecule has 2 unspecified atom stereocenters. The molecule has 0 aliphatic carbocycles. The molecule has 2 fully saturated rings. The van der Waals surface area contributed by atoms with Gasteiger partial charge in [0.05, 0.1) is 12.0 Å². The third-order valence-electron chi connectivity index (χ3n) is 4.05. The SMILES string of the molecule is CC(C(=O)O)C1CN(C(=O)NCC2CCCCO2)C1. The molecule has 0 aromatic rings.